The van der Waals surface area contributed by atoms with Crippen LogP contribution in [0.15, 0.2) is 84.9 Å². The topological polar surface area (TPSA) is 0 Å². The van der Waals surface area contributed by atoms with E-state index in [0.29, 0.717) is 0 Å². The Morgan fingerprint density at radius 1 is 0.615 bits per heavy atom. The van der Waals surface area contributed by atoms with E-state index in [1.54, 1.807) is 3.26 Å². The van der Waals surface area contributed by atoms with E-state index in [-0.39, 0.29) is 24.8 Å². The minimum Gasteiger partial charge on any atom is -0.168 e. The molecule has 3 heteroatoms. The van der Waals surface area contributed by atoms with E-state index in [9.17, 15) is 0 Å². The van der Waals surface area contributed by atoms with E-state index in [1.165, 1.54) is 46.1 Å². The Hall–Kier alpha value is -1.28. The zero-order chi connectivity index (χ0) is 17.2. The van der Waals surface area contributed by atoms with Gasteiger partial charge in [0, 0.05) is 0 Å². The van der Waals surface area contributed by atoms with Crippen LogP contribution >= 0.6 is 24.8 Å². The van der Waals surface area contributed by atoms with Gasteiger partial charge in [0.2, 0.25) is 0 Å². The van der Waals surface area contributed by atoms with Gasteiger partial charge in [-0.05, 0) is 0 Å². The summed E-state index contributed by atoms with van der Waals surface area (Å²) in [6.45, 7) is 4.29. The van der Waals surface area contributed by atoms with Gasteiger partial charge in [-0.3, -0.25) is 0 Å². The third-order valence-corrected chi connectivity index (χ3v) is 3.15. The second kappa shape index (κ2) is 13.9. The summed E-state index contributed by atoms with van der Waals surface area (Å²) < 4.78 is 1.56. The molecule has 0 amide bonds. The Bertz CT molecular complexity index is 705. The standard InChI is InChI=1S/2C10H7.C3H6.2ClH.Hf/c2*1-2-5-9-7-4-8-10(9)6-3-1;1-3-2;;;/h2*1-7H;1-2H3;2*1H;/q2*-1;;;;+2. The summed E-state index contributed by atoms with van der Waals surface area (Å²) >= 11 is 1.27. The van der Waals surface area contributed by atoms with Gasteiger partial charge in [0.25, 0.3) is 0 Å². The Morgan fingerprint density at radius 2 is 0.962 bits per heavy atom. The molecule has 0 atom stereocenters. The number of fused-ring (bicyclic) bond motifs is 2. The fraction of sp³-hybridized carbons (Fsp3) is 0.0870. The number of hydrogen-bond donors (Lipinski definition) is 0. The molecule has 0 aromatic heterocycles. The van der Waals surface area contributed by atoms with Crippen LogP contribution in [0, 0.1) is 12.1 Å². The first kappa shape index (κ1) is 24.7. The Labute approximate surface area is 184 Å². The molecule has 0 heterocycles. The van der Waals surface area contributed by atoms with Crippen molar-refractivity contribution in [3.63, 3.8) is 0 Å². The van der Waals surface area contributed by atoms with Crippen molar-refractivity contribution >= 4 is 28.1 Å². The average Bonchev–Trinajstić information content (AvgIpc) is 3.05. The smallest absolute Gasteiger partial charge is 0.0723 e. The van der Waals surface area contributed by atoms with E-state index in [4.69, 9.17) is 0 Å². The van der Waals surface area contributed by atoms with Crippen LogP contribution in [0.2, 0.25) is 0 Å². The van der Waals surface area contributed by atoms with Gasteiger partial charge in [-0.2, -0.15) is 35.4 Å². The quantitative estimate of drug-likeness (QED) is 0.168. The summed E-state index contributed by atoms with van der Waals surface area (Å²) in [5.74, 6) is 0. The molecular formula is C23H22Cl2Hf. The summed E-state index contributed by atoms with van der Waals surface area (Å²) in [7, 11) is 0. The Kier molecular flexibility index (Phi) is 13.2. The van der Waals surface area contributed by atoms with Crippen LogP contribution < -0.4 is 0 Å². The third kappa shape index (κ3) is 8.89. The molecule has 4 rings (SSSR count). The van der Waals surface area contributed by atoms with Crippen LogP contribution in [0.3, 0.4) is 0 Å². The molecular weight excluding hydrogens is 526 g/mol. The summed E-state index contributed by atoms with van der Waals surface area (Å²) in [4.78, 5) is 0. The van der Waals surface area contributed by atoms with Crippen molar-refractivity contribution in [3.05, 3.63) is 97.1 Å². The van der Waals surface area contributed by atoms with E-state index in [2.05, 4.69) is 62.4 Å². The summed E-state index contributed by atoms with van der Waals surface area (Å²) in [5, 5.41) is 0. The predicted octanol–water partition coefficient (Wildman–Crippen LogP) is 6.77. The maximum absolute atomic E-state index is 3.14. The van der Waals surface area contributed by atoms with Gasteiger partial charge in [-0.25, -0.2) is 0 Å². The normalized spacial score (nSPS) is 8.77. The van der Waals surface area contributed by atoms with Gasteiger partial charge in [-0.1, -0.05) is 24.3 Å². The summed E-state index contributed by atoms with van der Waals surface area (Å²) in [5.41, 5.74) is 4.88. The summed E-state index contributed by atoms with van der Waals surface area (Å²) in [6, 6.07) is 34.8. The molecule has 4 aliphatic rings. The van der Waals surface area contributed by atoms with Gasteiger partial charge in [0.1, 0.15) is 0 Å². The molecule has 0 fully saturated rings. The molecule has 0 unspecified atom stereocenters. The van der Waals surface area contributed by atoms with Crippen molar-refractivity contribution in [2.45, 2.75) is 13.8 Å². The van der Waals surface area contributed by atoms with Gasteiger partial charge in [0.15, 0.2) is 0 Å². The second-order valence-corrected chi connectivity index (χ2v) is 9.11. The molecule has 0 nitrogen and oxygen atoms in total. The third-order valence-electron chi connectivity index (χ3n) is 3.15. The minimum atomic E-state index is 0. The first-order valence-electron chi connectivity index (χ1n) is 7.89. The van der Waals surface area contributed by atoms with E-state index < -0.39 is 0 Å². The number of rotatable bonds is 0. The molecule has 0 N–H and O–H groups in total. The van der Waals surface area contributed by atoms with Crippen molar-refractivity contribution in [3.8, 4) is 22.3 Å². The van der Waals surface area contributed by atoms with Crippen molar-refractivity contribution in [2.24, 2.45) is 0 Å². The van der Waals surface area contributed by atoms with Gasteiger partial charge in [0.05, 0.1) is 0 Å². The molecule has 26 heavy (non-hydrogen) atoms. The predicted molar refractivity (Wildman–Crippen MR) is 115 cm³/mol. The minimum absolute atomic E-state index is 0. The van der Waals surface area contributed by atoms with Crippen LogP contribution in [0.25, 0.3) is 22.3 Å². The van der Waals surface area contributed by atoms with E-state index in [1.807, 2.05) is 48.5 Å². The monoisotopic (exact) mass is 548 g/mol. The fourth-order valence-corrected chi connectivity index (χ4v) is 2.12. The second-order valence-electron chi connectivity index (χ2n) is 5.51. The Balaban J connectivity index is 0.000000378. The van der Waals surface area contributed by atoms with Crippen LogP contribution in [0.5, 0.6) is 0 Å². The first-order valence-corrected chi connectivity index (χ1v) is 9.69. The number of hydrogen-bond acceptors (Lipinski definition) is 0. The van der Waals surface area contributed by atoms with Crippen molar-refractivity contribution in [2.75, 3.05) is 0 Å². The van der Waals surface area contributed by atoms with Crippen LogP contribution in [-0.4, -0.2) is 3.26 Å². The zero-order valence-electron chi connectivity index (χ0n) is 14.9. The van der Waals surface area contributed by atoms with Crippen molar-refractivity contribution in [1.29, 1.82) is 0 Å². The van der Waals surface area contributed by atoms with Gasteiger partial charge >= 0.3 is 41.0 Å². The van der Waals surface area contributed by atoms with Crippen LogP contribution in [-0.2, 0) is 23.9 Å². The van der Waals surface area contributed by atoms with Crippen molar-refractivity contribution in [1.82, 2.24) is 0 Å². The molecule has 0 aromatic rings. The summed E-state index contributed by atoms with van der Waals surface area (Å²) in [6.07, 6.45) is 0. The van der Waals surface area contributed by atoms with Gasteiger partial charge < -0.3 is 0 Å². The largest absolute Gasteiger partial charge is 0.168 e. The molecule has 0 radical (unpaired) electrons. The first-order chi connectivity index (χ1) is 11.7. The molecule has 0 saturated heterocycles. The molecule has 0 aliphatic heterocycles. The fourth-order valence-electron chi connectivity index (χ4n) is 2.12. The molecule has 132 valence electrons. The van der Waals surface area contributed by atoms with Gasteiger partial charge in [-0.15, -0.1) is 84.5 Å². The van der Waals surface area contributed by atoms with E-state index >= 15 is 0 Å². The SMILES string of the molecule is C[C](C)=[Hf+2].Cl.Cl.[c-]1ccc2cccccc1-2.[c-]1ccc2cccccc1-2. The molecule has 0 aromatic carbocycles. The van der Waals surface area contributed by atoms with Crippen LogP contribution in [0.1, 0.15) is 13.8 Å². The van der Waals surface area contributed by atoms with Crippen molar-refractivity contribution < 1.29 is 23.9 Å². The molecule has 0 bridgehead atoms. The molecule has 4 aliphatic carbocycles. The number of halogens is 2. The Morgan fingerprint density at radius 3 is 1.35 bits per heavy atom. The molecule has 0 saturated carbocycles. The van der Waals surface area contributed by atoms with Crippen LogP contribution in [0.4, 0.5) is 0 Å². The zero-order valence-corrected chi connectivity index (χ0v) is 20.1. The maximum Gasteiger partial charge on any atom is -0.0723 e. The average molecular weight is 548 g/mol. The maximum atomic E-state index is 3.14. The van der Waals surface area contributed by atoms with E-state index in [0.717, 1.165) is 0 Å². The molecule has 0 spiro atoms.